The summed E-state index contributed by atoms with van der Waals surface area (Å²) < 4.78 is 0. The normalized spacial score (nSPS) is 17.5. The van der Waals surface area contributed by atoms with E-state index in [0.29, 0.717) is 18.1 Å². The molecule has 3 rings (SSSR count). The number of carbonyl (C=O) groups is 2. The van der Waals surface area contributed by atoms with E-state index < -0.39 is 6.10 Å². The molecular formula is C18H22ClN5O3. The molecule has 0 aliphatic carbocycles. The molecule has 1 fully saturated rings. The molecule has 0 unspecified atom stereocenters. The molecule has 8 nitrogen and oxygen atoms in total. The van der Waals surface area contributed by atoms with Gasteiger partial charge < -0.3 is 20.2 Å². The second-order valence-electron chi connectivity index (χ2n) is 6.50. The van der Waals surface area contributed by atoms with E-state index >= 15 is 0 Å². The van der Waals surface area contributed by atoms with Gasteiger partial charge in [-0.3, -0.25) is 9.89 Å². The number of H-pyrrole nitrogens is 1. The van der Waals surface area contributed by atoms with Crippen LogP contribution in [0.2, 0.25) is 5.02 Å². The number of β-amino-alcohol motifs (C(OH)–C–C–N with tert-alkyl or cyclic N) is 1. The summed E-state index contributed by atoms with van der Waals surface area (Å²) in [6.45, 7) is 2.95. The highest BCUT2D eigenvalue weighted by molar-refractivity contribution is 6.30. The first-order chi connectivity index (χ1) is 12.9. The number of hydrogen-bond donors (Lipinski definition) is 3. The summed E-state index contributed by atoms with van der Waals surface area (Å²) in [5.74, 6) is -0.109. The standard InChI is InChI=1S/C18H22ClN5O3/c1-12(25)23-6-7-24(11-16(26)10-23)18(27)20-8-14-9-21-22-17(14)13-2-4-15(19)5-3-13/h2-5,9,16,26H,6-8,10-11H2,1H3,(H,20,27)(H,21,22)/t16-/m0/s1. The number of aliphatic hydroxyl groups is 1. The topological polar surface area (TPSA) is 102 Å². The van der Waals surface area contributed by atoms with Crippen LogP contribution in [0.4, 0.5) is 4.79 Å². The van der Waals surface area contributed by atoms with Crippen LogP contribution in [0.5, 0.6) is 0 Å². The largest absolute Gasteiger partial charge is 0.389 e. The van der Waals surface area contributed by atoms with Gasteiger partial charge in [-0.05, 0) is 17.7 Å². The molecule has 27 heavy (non-hydrogen) atoms. The summed E-state index contributed by atoms with van der Waals surface area (Å²) >= 11 is 5.92. The molecule has 1 aromatic carbocycles. The molecule has 144 valence electrons. The lowest BCUT2D eigenvalue weighted by Gasteiger charge is -2.22. The number of aromatic nitrogens is 2. The van der Waals surface area contributed by atoms with Crippen molar-refractivity contribution in [3.8, 4) is 11.3 Å². The van der Waals surface area contributed by atoms with Crippen molar-refractivity contribution in [3.05, 3.63) is 41.0 Å². The Morgan fingerprint density at radius 3 is 2.63 bits per heavy atom. The number of aliphatic hydroxyl groups excluding tert-OH is 1. The molecule has 2 heterocycles. The monoisotopic (exact) mass is 391 g/mol. The van der Waals surface area contributed by atoms with Crippen molar-refractivity contribution < 1.29 is 14.7 Å². The minimum absolute atomic E-state index is 0.109. The molecule has 1 aromatic heterocycles. The van der Waals surface area contributed by atoms with Crippen molar-refractivity contribution >= 4 is 23.5 Å². The van der Waals surface area contributed by atoms with Crippen LogP contribution in [0.1, 0.15) is 12.5 Å². The van der Waals surface area contributed by atoms with Gasteiger partial charge in [0.05, 0.1) is 24.5 Å². The maximum atomic E-state index is 12.5. The predicted octanol–water partition coefficient (Wildman–Crippen LogP) is 1.46. The van der Waals surface area contributed by atoms with E-state index in [-0.39, 0.29) is 31.6 Å². The molecule has 1 aliphatic rings. The molecule has 9 heteroatoms. The Hall–Kier alpha value is -2.58. The van der Waals surface area contributed by atoms with Crippen LogP contribution < -0.4 is 5.32 Å². The minimum Gasteiger partial charge on any atom is -0.389 e. The number of rotatable bonds is 3. The van der Waals surface area contributed by atoms with Crippen molar-refractivity contribution in [2.45, 2.75) is 19.6 Å². The van der Waals surface area contributed by atoms with E-state index in [4.69, 9.17) is 11.6 Å². The minimum atomic E-state index is -0.763. The van der Waals surface area contributed by atoms with Gasteiger partial charge in [-0.2, -0.15) is 5.10 Å². The van der Waals surface area contributed by atoms with Gasteiger partial charge in [0.25, 0.3) is 0 Å². The molecule has 0 radical (unpaired) electrons. The van der Waals surface area contributed by atoms with Gasteiger partial charge in [0.2, 0.25) is 5.91 Å². The fraction of sp³-hybridized carbons (Fsp3) is 0.389. The molecule has 3 amide bonds. The van der Waals surface area contributed by atoms with Gasteiger partial charge in [0.15, 0.2) is 0 Å². The first-order valence-electron chi connectivity index (χ1n) is 8.68. The maximum Gasteiger partial charge on any atom is 0.317 e. The van der Waals surface area contributed by atoms with Crippen molar-refractivity contribution in [2.24, 2.45) is 0 Å². The van der Waals surface area contributed by atoms with E-state index in [1.165, 1.54) is 11.8 Å². The van der Waals surface area contributed by atoms with Gasteiger partial charge in [0, 0.05) is 43.7 Å². The van der Waals surface area contributed by atoms with Crippen LogP contribution in [0.15, 0.2) is 30.5 Å². The number of halogens is 1. The van der Waals surface area contributed by atoms with Crippen molar-refractivity contribution in [3.63, 3.8) is 0 Å². The molecular weight excluding hydrogens is 370 g/mol. The lowest BCUT2D eigenvalue weighted by atomic mass is 10.1. The number of nitrogens with zero attached hydrogens (tertiary/aromatic N) is 3. The first-order valence-corrected chi connectivity index (χ1v) is 9.06. The van der Waals surface area contributed by atoms with E-state index in [9.17, 15) is 14.7 Å². The van der Waals surface area contributed by atoms with Gasteiger partial charge in [0.1, 0.15) is 0 Å². The lowest BCUT2D eigenvalue weighted by molar-refractivity contribution is -0.129. The van der Waals surface area contributed by atoms with Gasteiger partial charge in [-0.15, -0.1) is 0 Å². The predicted molar refractivity (Wildman–Crippen MR) is 101 cm³/mol. The number of urea groups is 1. The summed E-state index contributed by atoms with van der Waals surface area (Å²) in [5.41, 5.74) is 2.57. The number of nitrogens with one attached hydrogen (secondary N) is 2. The molecule has 0 spiro atoms. The van der Waals surface area contributed by atoms with E-state index in [0.717, 1.165) is 16.8 Å². The molecule has 1 saturated heterocycles. The summed E-state index contributed by atoms with van der Waals surface area (Å²) in [6, 6.07) is 7.05. The first kappa shape index (κ1) is 19.2. The summed E-state index contributed by atoms with van der Waals surface area (Å²) in [4.78, 5) is 27.1. The van der Waals surface area contributed by atoms with E-state index in [1.54, 1.807) is 23.2 Å². The van der Waals surface area contributed by atoms with Crippen LogP contribution in [0.25, 0.3) is 11.3 Å². The van der Waals surface area contributed by atoms with Crippen LogP contribution in [-0.2, 0) is 11.3 Å². The maximum absolute atomic E-state index is 12.5. The second-order valence-corrected chi connectivity index (χ2v) is 6.94. The number of aromatic amines is 1. The van der Waals surface area contributed by atoms with Gasteiger partial charge >= 0.3 is 6.03 Å². The van der Waals surface area contributed by atoms with Gasteiger partial charge in [-0.1, -0.05) is 23.7 Å². The van der Waals surface area contributed by atoms with Crippen LogP contribution >= 0.6 is 11.6 Å². The quantitative estimate of drug-likeness (QED) is 0.737. The zero-order valence-corrected chi connectivity index (χ0v) is 15.7. The summed E-state index contributed by atoms with van der Waals surface area (Å²) in [5, 5.41) is 20.6. The summed E-state index contributed by atoms with van der Waals surface area (Å²) in [7, 11) is 0. The number of hydrogen-bond acceptors (Lipinski definition) is 4. The van der Waals surface area contributed by atoms with Crippen molar-refractivity contribution in [2.75, 3.05) is 26.2 Å². The Kier molecular flexibility index (Phi) is 5.98. The molecule has 1 atom stereocenters. The third-order valence-electron chi connectivity index (χ3n) is 4.52. The molecule has 3 N–H and O–H groups in total. The molecule has 1 aliphatic heterocycles. The number of carbonyl (C=O) groups excluding carboxylic acids is 2. The van der Waals surface area contributed by atoms with Gasteiger partial charge in [-0.25, -0.2) is 4.79 Å². The Labute approximate surface area is 162 Å². The van der Waals surface area contributed by atoms with Crippen molar-refractivity contribution in [1.29, 1.82) is 0 Å². The summed E-state index contributed by atoms with van der Waals surface area (Å²) in [6.07, 6.45) is 0.902. The van der Waals surface area contributed by atoms with E-state index in [1.807, 2.05) is 12.1 Å². The Morgan fingerprint density at radius 1 is 1.26 bits per heavy atom. The van der Waals surface area contributed by atoms with E-state index in [2.05, 4.69) is 15.5 Å². The highest BCUT2D eigenvalue weighted by Crippen LogP contribution is 2.22. The van der Waals surface area contributed by atoms with Crippen molar-refractivity contribution in [1.82, 2.24) is 25.3 Å². The second kappa shape index (κ2) is 8.41. The SMILES string of the molecule is CC(=O)N1CCN(C(=O)NCc2cn[nH]c2-c2ccc(Cl)cc2)C[C@@H](O)C1. The highest BCUT2D eigenvalue weighted by atomic mass is 35.5. The lowest BCUT2D eigenvalue weighted by Crippen LogP contribution is -2.43. The Morgan fingerprint density at radius 2 is 1.93 bits per heavy atom. The Balaban J connectivity index is 1.62. The average molecular weight is 392 g/mol. The molecule has 0 saturated carbocycles. The molecule has 0 bridgehead atoms. The number of amides is 3. The zero-order chi connectivity index (χ0) is 19.4. The molecule has 2 aromatic rings. The third kappa shape index (κ3) is 4.78. The smallest absolute Gasteiger partial charge is 0.317 e. The van der Waals surface area contributed by atoms with Crippen LogP contribution in [0, 0.1) is 0 Å². The fourth-order valence-electron chi connectivity index (χ4n) is 3.06. The highest BCUT2D eigenvalue weighted by Gasteiger charge is 2.25. The third-order valence-corrected chi connectivity index (χ3v) is 4.77. The van der Waals surface area contributed by atoms with Crippen LogP contribution in [0.3, 0.4) is 0 Å². The van der Waals surface area contributed by atoms with Crippen LogP contribution in [-0.4, -0.2) is 69.3 Å². The number of benzene rings is 1. The zero-order valence-electron chi connectivity index (χ0n) is 15.0. The fourth-order valence-corrected chi connectivity index (χ4v) is 3.18. The Bertz CT molecular complexity index is 808. The average Bonchev–Trinajstić information content (AvgIpc) is 3.01.